The fourth-order valence-electron chi connectivity index (χ4n) is 1.37. The van der Waals surface area contributed by atoms with Crippen LogP contribution < -0.4 is 0 Å². The molecule has 0 radical (unpaired) electrons. The molecule has 0 bridgehead atoms. The molecule has 0 aliphatic heterocycles. The Hall–Kier alpha value is -0.450. The first-order chi connectivity index (χ1) is 6.50. The summed E-state index contributed by atoms with van der Waals surface area (Å²) in [7, 11) is 0. The molecule has 0 saturated carbocycles. The Morgan fingerprint density at radius 3 is 2.79 bits per heavy atom. The zero-order valence-corrected chi connectivity index (χ0v) is 10.3. The van der Waals surface area contributed by atoms with Crippen molar-refractivity contribution in [1.82, 2.24) is 4.37 Å². The summed E-state index contributed by atoms with van der Waals surface area (Å²) >= 11 is 4.89. The number of aromatic nitrogens is 1. The van der Waals surface area contributed by atoms with Gasteiger partial charge in [-0.15, -0.1) is 0 Å². The van der Waals surface area contributed by atoms with E-state index in [2.05, 4.69) is 20.3 Å². The van der Waals surface area contributed by atoms with Gasteiger partial charge in [-0.1, -0.05) is 22.0 Å². The molecule has 14 heavy (non-hydrogen) atoms. The number of fused-ring (bicyclic) bond motifs is 1. The molecule has 2 nitrogen and oxygen atoms in total. The van der Waals surface area contributed by atoms with E-state index in [-0.39, 0.29) is 0 Å². The smallest absolute Gasteiger partial charge is 0.103 e. The molecule has 0 aliphatic rings. The number of hydrogen-bond donors (Lipinski definition) is 1. The van der Waals surface area contributed by atoms with Crippen molar-refractivity contribution in [3.8, 4) is 0 Å². The molecule has 0 amide bonds. The summed E-state index contributed by atoms with van der Waals surface area (Å²) in [6.45, 7) is 3.50. The maximum Gasteiger partial charge on any atom is 0.103 e. The van der Waals surface area contributed by atoms with Gasteiger partial charge in [-0.3, -0.25) is 0 Å². The Morgan fingerprint density at radius 2 is 2.14 bits per heavy atom. The minimum absolute atomic E-state index is 0.741. The van der Waals surface area contributed by atoms with E-state index in [9.17, 15) is 5.11 Å². The summed E-state index contributed by atoms with van der Waals surface area (Å²) < 4.78 is 6.37. The van der Waals surface area contributed by atoms with E-state index in [0.717, 1.165) is 20.3 Å². The predicted molar refractivity (Wildman–Crippen MR) is 62.6 cm³/mol. The maximum atomic E-state index is 9.92. The van der Waals surface area contributed by atoms with Gasteiger partial charge in [0.2, 0.25) is 0 Å². The van der Waals surface area contributed by atoms with Crippen molar-refractivity contribution < 1.29 is 5.11 Å². The average Bonchev–Trinajstić information content (AvgIpc) is 2.47. The van der Waals surface area contributed by atoms with E-state index in [1.807, 2.05) is 18.2 Å². The van der Waals surface area contributed by atoms with Crippen molar-refractivity contribution in [3.63, 3.8) is 0 Å². The van der Waals surface area contributed by atoms with Gasteiger partial charge in [0.05, 0.1) is 10.4 Å². The van der Waals surface area contributed by atoms with E-state index in [0.29, 0.717) is 0 Å². The number of hydrogen-bond acceptors (Lipinski definition) is 3. The molecule has 0 fully saturated rings. The van der Waals surface area contributed by atoms with Crippen LogP contribution in [0.1, 0.15) is 19.5 Å². The second-order valence-corrected chi connectivity index (χ2v) is 5.36. The van der Waals surface area contributed by atoms with Gasteiger partial charge >= 0.3 is 0 Å². The van der Waals surface area contributed by atoms with Crippen molar-refractivity contribution in [1.29, 1.82) is 0 Å². The van der Waals surface area contributed by atoms with E-state index >= 15 is 0 Å². The van der Waals surface area contributed by atoms with Crippen LogP contribution in [0.3, 0.4) is 0 Å². The third-order valence-corrected chi connectivity index (χ3v) is 3.50. The Kier molecular flexibility index (Phi) is 2.37. The number of aliphatic hydroxyl groups is 1. The summed E-state index contributed by atoms with van der Waals surface area (Å²) in [4.78, 5) is 0. The van der Waals surface area contributed by atoms with Crippen LogP contribution in [0.5, 0.6) is 0 Å². The lowest BCUT2D eigenvalue weighted by molar-refractivity contribution is 0.0765. The van der Waals surface area contributed by atoms with E-state index in [4.69, 9.17) is 0 Å². The summed E-state index contributed by atoms with van der Waals surface area (Å²) in [6.07, 6.45) is 0. The molecule has 74 valence electrons. The monoisotopic (exact) mass is 271 g/mol. The van der Waals surface area contributed by atoms with Crippen molar-refractivity contribution in [2.24, 2.45) is 0 Å². The maximum absolute atomic E-state index is 9.92. The zero-order chi connectivity index (χ0) is 10.3. The third-order valence-electron chi connectivity index (χ3n) is 2.03. The van der Waals surface area contributed by atoms with Crippen molar-refractivity contribution in [3.05, 3.63) is 28.4 Å². The fraction of sp³-hybridized carbons (Fsp3) is 0.300. The summed E-state index contributed by atoms with van der Waals surface area (Å²) in [5, 5.41) is 10.9. The summed E-state index contributed by atoms with van der Waals surface area (Å²) in [5.41, 5.74) is -0.146. The Balaban J connectivity index is 2.80. The summed E-state index contributed by atoms with van der Waals surface area (Å²) in [5.74, 6) is 0. The van der Waals surface area contributed by atoms with Crippen LogP contribution in [0.25, 0.3) is 10.1 Å². The van der Waals surface area contributed by atoms with Gasteiger partial charge < -0.3 is 5.11 Å². The lowest BCUT2D eigenvalue weighted by Gasteiger charge is -2.14. The highest BCUT2D eigenvalue weighted by atomic mass is 79.9. The van der Waals surface area contributed by atoms with Gasteiger partial charge in [0, 0.05) is 9.86 Å². The topological polar surface area (TPSA) is 33.1 Å². The van der Waals surface area contributed by atoms with E-state index < -0.39 is 5.60 Å². The Labute approximate surface area is 94.9 Å². The van der Waals surface area contributed by atoms with Gasteiger partial charge in [0.1, 0.15) is 5.60 Å². The van der Waals surface area contributed by atoms with Crippen molar-refractivity contribution in [2.75, 3.05) is 0 Å². The molecule has 1 heterocycles. The highest BCUT2D eigenvalue weighted by molar-refractivity contribution is 9.10. The predicted octanol–water partition coefficient (Wildman–Crippen LogP) is 3.29. The van der Waals surface area contributed by atoms with Crippen LogP contribution in [-0.4, -0.2) is 9.48 Å². The molecular formula is C10H10BrNOS. The highest BCUT2D eigenvalue weighted by Crippen LogP contribution is 2.35. The van der Waals surface area contributed by atoms with Crippen LogP contribution in [0, 0.1) is 0 Å². The number of nitrogens with zero attached hydrogens (tertiary/aromatic N) is 1. The van der Waals surface area contributed by atoms with Crippen LogP contribution in [0.4, 0.5) is 0 Å². The first-order valence-corrected chi connectivity index (χ1v) is 5.83. The molecule has 1 aromatic heterocycles. The number of benzene rings is 1. The molecule has 0 atom stereocenters. The van der Waals surface area contributed by atoms with Crippen molar-refractivity contribution in [2.45, 2.75) is 19.4 Å². The van der Waals surface area contributed by atoms with Gasteiger partial charge in [-0.05, 0) is 37.5 Å². The lowest BCUT2D eigenvalue weighted by atomic mass is 10.0. The normalized spacial score (nSPS) is 12.3. The van der Waals surface area contributed by atoms with Crippen LogP contribution in [0.2, 0.25) is 0 Å². The SMILES string of the molecule is CC(C)(O)c1nsc2cccc(Br)c12. The highest BCUT2D eigenvalue weighted by Gasteiger charge is 2.23. The summed E-state index contributed by atoms with van der Waals surface area (Å²) in [6, 6.07) is 5.94. The lowest BCUT2D eigenvalue weighted by Crippen LogP contribution is -2.16. The molecule has 1 N–H and O–H groups in total. The van der Waals surface area contributed by atoms with Gasteiger partial charge in [-0.25, -0.2) is 0 Å². The molecule has 1 aromatic carbocycles. The van der Waals surface area contributed by atoms with Crippen LogP contribution >= 0.6 is 27.5 Å². The van der Waals surface area contributed by atoms with Gasteiger partial charge in [0.15, 0.2) is 0 Å². The molecule has 0 saturated heterocycles. The van der Waals surface area contributed by atoms with Crippen LogP contribution in [-0.2, 0) is 5.60 Å². The quantitative estimate of drug-likeness (QED) is 0.864. The molecule has 4 heteroatoms. The van der Waals surface area contributed by atoms with E-state index in [1.54, 1.807) is 13.8 Å². The van der Waals surface area contributed by atoms with Gasteiger partial charge in [0.25, 0.3) is 0 Å². The number of rotatable bonds is 1. The fourth-order valence-corrected chi connectivity index (χ4v) is 3.00. The standard InChI is InChI=1S/C10H10BrNOS/c1-10(2,13)9-8-6(11)4-3-5-7(8)14-12-9/h3-5,13H,1-2H3. The minimum Gasteiger partial charge on any atom is -0.384 e. The molecule has 0 spiro atoms. The third kappa shape index (κ3) is 1.58. The molecule has 2 rings (SSSR count). The Morgan fingerprint density at radius 1 is 1.43 bits per heavy atom. The van der Waals surface area contributed by atoms with Crippen molar-refractivity contribution >= 4 is 37.5 Å². The second kappa shape index (κ2) is 3.29. The second-order valence-electron chi connectivity index (χ2n) is 3.70. The molecule has 0 unspecified atom stereocenters. The molecule has 0 aliphatic carbocycles. The van der Waals surface area contributed by atoms with Crippen LogP contribution in [0.15, 0.2) is 22.7 Å². The van der Waals surface area contributed by atoms with Gasteiger partial charge in [-0.2, -0.15) is 4.37 Å². The largest absolute Gasteiger partial charge is 0.384 e. The first-order valence-electron chi connectivity index (χ1n) is 4.27. The molecular weight excluding hydrogens is 262 g/mol. The molecule has 2 aromatic rings. The first kappa shape index (κ1) is 10.1. The zero-order valence-electron chi connectivity index (χ0n) is 7.91. The minimum atomic E-state index is -0.887. The number of halogens is 1. The Bertz CT molecular complexity index is 472. The van der Waals surface area contributed by atoms with E-state index in [1.165, 1.54) is 11.5 Å². The average molecular weight is 272 g/mol.